The molecule has 0 aliphatic carbocycles. The average Bonchev–Trinajstić information content (AvgIpc) is 2.91. The molecule has 2 aliphatic rings. The van der Waals surface area contributed by atoms with Crippen LogP contribution < -0.4 is 5.32 Å². The number of rotatable bonds is 10. The van der Waals surface area contributed by atoms with Gasteiger partial charge in [-0.1, -0.05) is 30.3 Å². The molecule has 0 spiro atoms. The number of hydrogen-bond donors (Lipinski definition) is 2. The molecule has 0 unspecified atom stereocenters. The molecule has 0 bridgehead atoms. The summed E-state index contributed by atoms with van der Waals surface area (Å²) in [5, 5.41) is 12.5. The monoisotopic (exact) mass is 543 g/mol. The van der Waals surface area contributed by atoms with Crippen molar-refractivity contribution in [3.63, 3.8) is 0 Å². The summed E-state index contributed by atoms with van der Waals surface area (Å²) in [6.07, 6.45) is 5.18. The van der Waals surface area contributed by atoms with Crippen LogP contribution in [-0.4, -0.2) is 77.1 Å². The topological polar surface area (TPSA) is 116 Å². The predicted octanol–water partition coefficient (Wildman–Crippen LogP) is 4.10. The quantitative estimate of drug-likeness (QED) is 0.459. The highest BCUT2D eigenvalue weighted by Crippen LogP contribution is 2.25. The Morgan fingerprint density at radius 1 is 1.03 bits per heavy atom. The van der Waals surface area contributed by atoms with Crippen LogP contribution >= 0.6 is 0 Å². The van der Waals surface area contributed by atoms with Gasteiger partial charge < -0.3 is 25.0 Å². The Kier molecular flexibility index (Phi) is 11.2. The molecule has 0 saturated carbocycles. The maximum Gasteiger partial charge on any atom is 0.410 e. The van der Waals surface area contributed by atoms with Crippen molar-refractivity contribution in [2.24, 2.45) is 17.8 Å². The standard InChI is InChI=1S/C30H45N3O6/c1-30(2,3)39-29(38)32-18-15-23(16-19-32)12-14-26(34)33-17-7-10-25(21-33)27(35)31-20-24(28(36)37)13-11-22-8-5-4-6-9-22/h4-6,8-9,23-25H,7,10-21H2,1-3H3,(H,31,35)(H,36,37)/t24-,25-/m1/s1. The number of hydrogen-bond acceptors (Lipinski definition) is 5. The third-order valence-electron chi connectivity index (χ3n) is 7.67. The zero-order valence-electron chi connectivity index (χ0n) is 23.7. The number of nitrogens with zero attached hydrogens (tertiary/aromatic N) is 2. The highest BCUT2D eigenvalue weighted by molar-refractivity contribution is 5.82. The van der Waals surface area contributed by atoms with Crippen LogP contribution in [-0.2, 0) is 25.5 Å². The van der Waals surface area contributed by atoms with Crippen molar-refractivity contribution >= 4 is 23.9 Å². The molecule has 2 heterocycles. The van der Waals surface area contributed by atoms with Gasteiger partial charge in [0.1, 0.15) is 5.60 Å². The summed E-state index contributed by atoms with van der Waals surface area (Å²) in [4.78, 5) is 53.3. The lowest BCUT2D eigenvalue weighted by molar-refractivity contribution is -0.142. The fraction of sp³-hybridized carbons (Fsp3) is 0.667. The molecular formula is C30H45N3O6. The SMILES string of the molecule is CC(C)(C)OC(=O)N1CCC(CCC(=O)N2CCC[C@@H](C(=O)NC[C@@H](CCc3ccccc3)C(=O)O)C2)CC1. The van der Waals surface area contributed by atoms with Gasteiger partial charge in [0.05, 0.1) is 11.8 Å². The minimum Gasteiger partial charge on any atom is -0.481 e. The third-order valence-corrected chi connectivity index (χ3v) is 7.67. The highest BCUT2D eigenvalue weighted by atomic mass is 16.6. The van der Waals surface area contributed by atoms with Gasteiger partial charge >= 0.3 is 12.1 Å². The maximum absolute atomic E-state index is 12.9. The number of nitrogens with one attached hydrogen (secondary N) is 1. The van der Waals surface area contributed by atoms with E-state index in [1.54, 1.807) is 9.80 Å². The zero-order chi connectivity index (χ0) is 28.4. The Labute approximate surface area is 232 Å². The van der Waals surface area contributed by atoms with E-state index < -0.39 is 17.5 Å². The van der Waals surface area contributed by atoms with Crippen LogP contribution in [0.3, 0.4) is 0 Å². The number of likely N-dealkylation sites (tertiary alicyclic amines) is 2. The van der Waals surface area contributed by atoms with E-state index in [0.717, 1.165) is 31.2 Å². The van der Waals surface area contributed by atoms with Crippen molar-refractivity contribution in [2.75, 3.05) is 32.7 Å². The van der Waals surface area contributed by atoms with Crippen LogP contribution in [0.2, 0.25) is 0 Å². The van der Waals surface area contributed by atoms with Crippen molar-refractivity contribution in [2.45, 2.75) is 77.7 Å². The van der Waals surface area contributed by atoms with E-state index in [9.17, 15) is 24.3 Å². The van der Waals surface area contributed by atoms with Gasteiger partial charge in [-0.25, -0.2) is 4.79 Å². The minimum absolute atomic E-state index is 0.0633. The fourth-order valence-corrected chi connectivity index (χ4v) is 5.30. The molecule has 2 fully saturated rings. The van der Waals surface area contributed by atoms with Gasteiger partial charge in [-0.05, 0) is 77.2 Å². The lowest BCUT2D eigenvalue weighted by Gasteiger charge is -2.34. The van der Waals surface area contributed by atoms with E-state index in [2.05, 4.69) is 5.32 Å². The van der Waals surface area contributed by atoms with Crippen molar-refractivity contribution in [3.05, 3.63) is 35.9 Å². The molecule has 2 atom stereocenters. The van der Waals surface area contributed by atoms with Crippen molar-refractivity contribution in [1.29, 1.82) is 0 Å². The molecule has 0 radical (unpaired) electrons. The van der Waals surface area contributed by atoms with E-state index >= 15 is 0 Å². The van der Waals surface area contributed by atoms with E-state index in [-0.39, 0.29) is 30.4 Å². The molecule has 3 amide bonds. The molecule has 1 aromatic carbocycles. The lowest BCUT2D eigenvalue weighted by Crippen LogP contribution is -2.46. The van der Waals surface area contributed by atoms with Crippen LogP contribution in [0, 0.1) is 17.8 Å². The van der Waals surface area contributed by atoms with E-state index in [4.69, 9.17) is 4.74 Å². The van der Waals surface area contributed by atoms with Crippen molar-refractivity contribution in [3.8, 4) is 0 Å². The van der Waals surface area contributed by atoms with Crippen molar-refractivity contribution in [1.82, 2.24) is 15.1 Å². The van der Waals surface area contributed by atoms with Gasteiger partial charge in [0.2, 0.25) is 11.8 Å². The number of amides is 3. The summed E-state index contributed by atoms with van der Waals surface area (Å²) in [6.45, 7) is 7.98. The van der Waals surface area contributed by atoms with Gasteiger partial charge in [-0.3, -0.25) is 14.4 Å². The summed E-state index contributed by atoms with van der Waals surface area (Å²) >= 11 is 0. The number of carboxylic acids is 1. The predicted molar refractivity (Wildman–Crippen MR) is 148 cm³/mol. The van der Waals surface area contributed by atoms with Crippen molar-refractivity contribution < 1.29 is 29.0 Å². The molecule has 2 saturated heterocycles. The number of carbonyl (C=O) groups is 4. The molecule has 2 N–H and O–H groups in total. The Morgan fingerprint density at radius 3 is 2.36 bits per heavy atom. The largest absolute Gasteiger partial charge is 0.481 e. The van der Waals surface area contributed by atoms with Gasteiger partial charge in [0, 0.05) is 39.1 Å². The van der Waals surface area contributed by atoms with Gasteiger partial charge in [-0.15, -0.1) is 0 Å². The summed E-state index contributed by atoms with van der Waals surface area (Å²) in [5.74, 6) is -1.61. The Morgan fingerprint density at radius 2 is 1.72 bits per heavy atom. The van der Waals surface area contributed by atoms with E-state index in [1.807, 2.05) is 51.1 Å². The van der Waals surface area contributed by atoms with Gasteiger partial charge in [-0.2, -0.15) is 0 Å². The molecule has 2 aliphatic heterocycles. The third kappa shape index (κ3) is 10.2. The summed E-state index contributed by atoms with van der Waals surface area (Å²) < 4.78 is 5.46. The number of aryl methyl sites for hydroxylation is 1. The summed E-state index contributed by atoms with van der Waals surface area (Å²) in [7, 11) is 0. The molecule has 39 heavy (non-hydrogen) atoms. The maximum atomic E-state index is 12.9. The van der Waals surface area contributed by atoms with Gasteiger partial charge in [0.25, 0.3) is 0 Å². The number of aliphatic carboxylic acids is 1. The number of piperidine rings is 2. The Hall–Kier alpha value is -3.10. The van der Waals surface area contributed by atoms with E-state index in [1.165, 1.54) is 0 Å². The molecule has 3 rings (SSSR count). The first-order chi connectivity index (χ1) is 18.5. The molecule has 216 valence electrons. The number of ether oxygens (including phenoxy) is 1. The molecule has 9 nitrogen and oxygen atoms in total. The number of benzene rings is 1. The first kappa shape index (κ1) is 30.4. The zero-order valence-corrected chi connectivity index (χ0v) is 23.7. The highest BCUT2D eigenvalue weighted by Gasteiger charge is 2.31. The first-order valence-electron chi connectivity index (χ1n) is 14.3. The first-order valence-corrected chi connectivity index (χ1v) is 14.3. The summed E-state index contributed by atoms with van der Waals surface area (Å²) in [5.41, 5.74) is 0.564. The van der Waals surface area contributed by atoms with Gasteiger partial charge in [0.15, 0.2) is 0 Å². The molecule has 9 heteroatoms. The van der Waals surface area contributed by atoms with Crippen LogP contribution in [0.4, 0.5) is 4.79 Å². The summed E-state index contributed by atoms with van der Waals surface area (Å²) in [6, 6.07) is 9.72. The van der Waals surface area contributed by atoms with E-state index in [0.29, 0.717) is 57.8 Å². The fourth-order valence-electron chi connectivity index (χ4n) is 5.30. The average molecular weight is 544 g/mol. The normalized spacial score (nSPS) is 19.3. The number of carboxylic acid groups (broad SMARTS) is 1. The molecule has 0 aromatic heterocycles. The second kappa shape index (κ2) is 14.3. The second-order valence-electron chi connectivity index (χ2n) is 11.9. The smallest absolute Gasteiger partial charge is 0.410 e. The number of carbonyl (C=O) groups excluding carboxylic acids is 3. The van der Waals surface area contributed by atoms with Crippen LogP contribution in [0.5, 0.6) is 0 Å². The lowest BCUT2D eigenvalue weighted by atomic mass is 9.91. The van der Waals surface area contributed by atoms with Crippen LogP contribution in [0.1, 0.15) is 71.3 Å². The molecular weight excluding hydrogens is 498 g/mol. The van der Waals surface area contributed by atoms with Crippen LogP contribution in [0.25, 0.3) is 0 Å². The Balaban J connectivity index is 1.38. The minimum atomic E-state index is -0.913. The van der Waals surface area contributed by atoms with Crippen LogP contribution in [0.15, 0.2) is 30.3 Å². The second-order valence-corrected chi connectivity index (χ2v) is 11.9. The molecule has 1 aromatic rings. The Bertz CT molecular complexity index is 969.